The fraction of sp³-hybridized carbons (Fsp3) is 0.933. The third kappa shape index (κ3) is 4.46. The molecule has 0 amide bonds. The van der Waals surface area contributed by atoms with Gasteiger partial charge in [-0.3, -0.25) is 0 Å². The van der Waals surface area contributed by atoms with Crippen LogP contribution < -0.4 is 5.32 Å². The van der Waals surface area contributed by atoms with Crippen molar-refractivity contribution >= 4 is 5.97 Å². The zero-order chi connectivity index (χ0) is 14.5. The van der Waals surface area contributed by atoms with E-state index in [1.54, 1.807) is 7.05 Å². The molecular weight excluding hydrogens is 242 g/mol. The van der Waals surface area contributed by atoms with Crippen LogP contribution in [-0.4, -0.2) is 37.9 Å². The molecule has 0 aromatic carbocycles. The summed E-state index contributed by atoms with van der Waals surface area (Å²) in [6.45, 7) is 9.00. The highest BCUT2D eigenvalue weighted by atomic mass is 16.5. The molecule has 19 heavy (non-hydrogen) atoms. The molecule has 0 bridgehead atoms. The van der Waals surface area contributed by atoms with Crippen LogP contribution in [0.2, 0.25) is 0 Å². The van der Waals surface area contributed by atoms with Crippen LogP contribution >= 0.6 is 0 Å². The number of nitrogens with one attached hydrogen (secondary N) is 1. The predicted octanol–water partition coefficient (Wildman–Crippen LogP) is 2.37. The van der Waals surface area contributed by atoms with E-state index in [1.165, 1.54) is 6.42 Å². The van der Waals surface area contributed by atoms with Crippen molar-refractivity contribution in [1.82, 2.24) is 5.32 Å². The summed E-state index contributed by atoms with van der Waals surface area (Å²) in [5.74, 6) is 1.23. The maximum absolute atomic E-state index is 11.9. The number of rotatable bonds is 6. The Morgan fingerprint density at radius 1 is 1.32 bits per heavy atom. The Morgan fingerprint density at radius 3 is 2.53 bits per heavy atom. The molecule has 0 radical (unpaired) electrons. The molecule has 4 atom stereocenters. The van der Waals surface area contributed by atoms with Crippen molar-refractivity contribution in [2.75, 3.05) is 20.3 Å². The van der Waals surface area contributed by atoms with Gasteiger partial charge in [0.05, 0.1) is 19.3 Å². The van der Waals surface area contributed by atoms with Crippen LogP contribution in [0.15, 0.2) is 0 Å². The van der Waals surface area contributed by atoms with Crippen LogP contribution in [0.5, 0.6) is 0 Å². The first kappa shape index (κ1) is 16.4. The Bertz CT molecular complexity index is 295. The zero-order valence-corrected chi connectivity index (χ0v) is 13.0. The molecule has 0 saturated heterocycles. The van der Waals surface area contributed by atoms with Crippen molar-refractivity contribution < 1.29 is 14.3 Å². The van der Waals surface area contributed by atoms with Gasteiger partial charge in [0.15, 0.2) is 0 Å². The Labute approximate surface area is 117 Å². The third-order valence-corrected chi connectivity index (χ3v) is 4.44. The van der Waals surface area contributed by atoms with Crippen molar-refractivity contribution in [3.8, 4) is 0 Å². The first-order chi connectivity index (χ1) is 8.92. The zero-order valence-electron chi connectivity index (χ0n) is 13.0. The van der Waals surface area contributed by atoms with Gasteiger partial charge in [-0.05, 0) is 52.0 Å². The lowest BCUT2D eigenvalue weighted by atomic mass is 9.80. The number of carbonyl (C=O) groups is 1. The van der Waals surface area contributed by atoms with Crippen molar-refractivity contribution in [2.24, 2.45) is 11.8 Å². The van der Waals surface area contributed by atoms with Crippen molar-refractivity contribution in [1.29, 1.82) is 0 Å². The summed E-state index contributed by atoms with van der Waals surface area (Å²) in [7, 11) is 1.77. The number of hydrogen-bond acceptors (Lipinski definition) is 4. The molecule has 0 spiro atoms. The Balaban J connectivity index is 2.47. The van der Waals surface area contributed by atoms with E-state index < -0.39 is 5.54 Å². The standard InChI is InChI=1S/C15H29NO3/c1-6-18-14(17)15(4,16-5)10-19-13-8-7-11(2)12(3)9-13/h11-13,16H,6-10H2,1-5H3. The number of likely N-dealkylation sites (N-methyl/N-ethyl adjacent to an activating group) is 1. The van der Waals surface area contributed by atoms with Gasteiger partial charge in [0, 0.05) is 0 Å². The Hall–Kier alpha value is -0.610. The summed E-state index contributed by atoms with van der Waals surface area (Å²) in [5, 5.41) is 3.02. The number of ether oxygens (including phenoxy) is 2. The highest BCUT2D eigenvalue weighted by Gasteiger charge is 2.35. The summed E-state index contributed by atoms with van der Waals surface area (Å²) in [6.07, 6.45) is 3.66. The second kappa shape index (κ2) is 7.25. The summed E-state index contributed by atoms with van der Waals surface area (Å²) in [5.41, 5.74) is -0.748. The molecule has 4 unspecified atom stereocenters. The van der Waals surface area contributed by atoms with Gasteiger partial charge in [-0.15, -0.1) is 0 Å². The van der Waals surface area contributed by atoms with Crippen LogP contribution in [0.4, 0.5) is 0 Å². The lowest BCUT2D eigenvalue weighted by Crippen LogP contribution is -2.53. The van der Waals surface area contributed by atoms with Crippen LogP contribution in [0.3, 0.4) is 0 Å². The van der Waals surface area contributed by atoms with Crippen molar-refractivity contribution in [3.63, 3.8) is 0 Å². The molecule has 1 saturated carbocycles. The minimum absolute atomic E-state index is 0.241. The van der Waals surface area contributed by atoms with Crippen LogP contribution in [0, 0.1) is 11.8 Å². The van der Waals surface area contributed by atoms with E-state index in [4.69, 9.17) is 9.47 Å². The van der Waals surface area contributed by atoms with E-state index in [0.717, 1.165) is 18.8 Å². The average Bonchev–Trinajstić information content (AvgIpc) is 2.40. The summed E-state index contributed by atoms with van der Waals surface area (Å²) in [6, 6.07) is 0. The van der Waals surface area contributed by atoms with Crippen molar-refractivity contribution in [3.05, 3.63) is 0 Å². The smallest absolute Gasteiger partial charge is 0.328 e. The van der Waals surface area contributed by atoms with E-state index in [1.807, 2.05) is 13.8 Å². The first-order valence-electron chi connectivity index (χ1n) is 7.40. The number of hydrogen-bond donors (Lipinski definition) is 1. The van der Waals surface area contributed by atoms with Gasteiger partial charge >= 0.3 is 5.97 Å². The van der Waals surface area contributed by atoms with Gasteiger partial charge in [-0.1, -0.05) is 13.8 Å². The molecule has 4 heteroatoms. The maximum atomic E-state index is 11.9. The third-order valence-electron chi connectivity index (χ3n) is 4.44. The molecule has 112 valence electrons. The van der Waals surface area contributed by atoms with Crippen LogP contribution in [0.1, 0.15) is 47.0 Å². The molecule has 1 N–H and O–H groups in total. The van der Waals surface area contributed by atoms with Gasteiger partial charge < -0.3 is 14.8 Å². The minimum atomic E-state index is -0.748. The van der Waals surface area contributed by atoms with E-state index in [9.17, 15) is 4.79 Å². The van der Waals surface area contributed by atoms with Gasteiger partial charge in [0.25, 0.3) is 0 Å². The average molecular weight is 271 g/mol. The Morgan fingerprint density at radius 2 is 2.00 bits per heavy atom. The summed E-state index contributed by atoms with van der Waals surface area (Å²) in [4.78, 5) is 11.9. The predicted molar refractivity (Wildman–Crippen MR) is 76.0 cm³/mol. The second-order valence-corrected chi connectivity index (χ2v) is 6.00. The quantitative estimate of drug-likeness (QED) is 0.753. The van der Waals surface area contributed by atoms with Gasteiger partial charge in [0.2, 0.25) is 0 Å². The van der Waals surface area contributed by atoms with Crippen molar-refractivity contribution in [2.45, 2.75) is 58.6 Å². The topological polar surface area (TPSA) is 47.6 Å². The second-order valence-electron chi connectivity index (χ2n) is 6.00. The minimum Gasteiger partial charge on any atom is -0.465 e. The molecule has 0 aromatic heterocycles. The first-order valence-corrected chi connectivity index (χ1v) is 7.40. The molecular formula is C15H29NO3. The maximum Gasteiger partial charge on any atom is 0.328 e. The lowest BCUT2D eigenvalue weighted by molar-refractivity contribution is -0.154. The molecule has 1 aliphatic carbocycles. The monoisotopic (exact) mass is 271 g/mol. The van der Waals surface area contributed by atoms with E-state index >= 15 is 0 Å². The lowest BCUT2D eigenvalue weighted by Gasteiger charge is -2.34. The molecule has 1 fully saturated rings. The van der Waals surface area contributed by atoms with Gasteiger partial charge in [-0.25, -0.2) is 4.79 Å². The molecule has 1 rings (SSSR count). The molecule has 4 nitrogen and oxygen atoms in total. The fourth-order valence-corrected chi connectivity index (χ4v) is 2.46. The summed E-state index contributed by atoms with van der Waals surface area (Å²) < 4.78 is 11.1. The molecule has 0 aliphatic heterocycles. The van der Waals surface area contributed by atoms with Crippen LogP contribution in [-0.2, 0) is 14.3 Å². The van der Waals surface area contributed by atoms with Crippen LogP contribution in [0.25, 0.3) is 0 Å². The van der Waals surface area contributed by atoms with E-state index in [2.05, 4.69) is 19.2 Å². The fourth-order valence-electron chi connectivity index (χ4n) is 2.46. The normalized spacial score (nSPS) is 30.7. The van der Waals surface area contributed by atoms with E-state index in [-0.39, 0.29) is 12.1 Å². The van der Waals surface area contributed by atoms with Gasteiger partial charge in [-0.2, -0.15) is 0 Å². The number of carbonyl (C=O) groups excluding carboxylic acids is 1. The van der Waals surface area contributed by atoms with E-state index in [0.29, 0.717) is 19.1 Å². The Kier molecular flexibility index (Phi) is 6.27. The SMILES string of the molecule is CCOC(=O)C(C)(COC1CCC(C)C(C)C1)NC. The molecule has 1 aliphatic rings. The highest BCUT2D eigenvalue weighted by molar-refractivity contribution is 5.80. The molecule has 0 heterocycles. The van der Waals surface area contributed by atoms with Gasteiger partial charge in [0.1, 0.15) is 5.54 Å². The highest BCUT2D eigenvalue weighted by Crippen LogP contribution is 2.31. The largest absolute Gasteiger partial charge is 0.465 e. The summed E-state index contributed by atoms with van der Waals surface area (Å²) >= 11 is 0. The molecule has 0 aromatic rings. The number of esters is 1.